The Kier molecular flexibility index (Phi) is 2.83. The number of hydrogen-bond donors (Lipinski definition) is 2. The molecule has 90 valence electrons. The summed E-state index contributed by atoms with van der Waals surface area (Å²) in [7, 11) is 0. The zero-order valence-corrected chi connectivity index (χ0v) is 9.67. The molecule has 0 saturated carbocycles. The maximum atomic E-state index is 4.29. The first-order chi connectivity index (χ1) is 8.92. The second-order valence-corrected chi connectivity index (χ2v) is 3.87. The fourth-order valence-electron chi connectivity index (χ4n) is 1.69. The zero-order chi connectivity index (χ0) is 12.2. The van der Waals surface area contributed by atoms with Crippen LogP contribution in [0.4, 0.5) is 5.95 Å². The van der Waals surface area contributed by atoms with E-state index in [9.17, 15) is 0 Å². The van der Waals surface area contributed by atoms with Crippen LogP contribution in [-0.4, -0.2) is 31.5 Å². The fourth-order valence-corrected chi connectivity index (χ4v) is 1.69. The third-order valence-electron chi connectivity index (χ3n) is 2.62. The SMILES string of the molecule is c1cc(CCNc2ncc3[nH]cnc3n2)ccn1. The minimum Gasteiger partial charge on any atom is -0.354 e. The number of pyridine rings is 1. The number of imidazole rings is 1. The van der Waals surface area contributed by atoms with Crippen LogP contribution in [0.1, 0.15) is 5.56 Å². The first-order valence-corrected chi connectivity index (χ1v) is 5.71. The topological polar surface area (TPSA) is 79.4 Å². The molecule has 0 aliphatic carbocycles. The monoisotopic (exact) mass is 240 g/mol. The normalized spacial score (nSPS) is 10.7. The van der Waals surface area contributed by atoms with E-state index in [2.05, 4.69) is 30.2 Å². The Balaban J connectivity index is 1.62. The molecule has 18 heavy (non-hydrogen) atoms. The van der Waals surface area contributed by atoms with Gasteiger partial charge in [-0.05, 0) is 24.1 Å². The van der Waals surface area contributed by atoms with E-state index in [-0.39, 0.29) is 0 Å². The second-order valence-electron chi connectivity index (χ2n) is 3.87. The predicted octanol–water partition coefficient (Wildman–Crippen LogP) is 1.40. The number of nitrogens with one attached hydrogen (secondary N) is 2. The molecule has 6 nitrogen and oxygen atoms in total. The van der Waals surface area contributed by atoms with Gasteiger partial charge in [-0.25, -0.2) is 9.97 Å². The molecule has 0 aliphatic heterocycles. The summed E-state index contributed by atoms with van der Waals surface area (Å²) >= 11 is 0. The Hall–Kier alpha value is -2.50. The number of aromatic amines is 1. The van der Waals surface area contributed by atoms with E-state index >= 15 is 0 Å². The molecule has 3 aromatic heterocycles. The molecule has 0 amide bonds. The van der Waals surface area contributed by atoms with Gasteiger partial charge < -0.3 is 10.3 Å². The Labute approximate surface area is 104 Å². The van der Waals surface area contributed by atoms with Crippen molar-refractivity contribution in [2.75, 3.05) is 11.9 Å². The van der Waals surface area contributed by atoms with Gasteiger partial charge in [0, 0.05) is 18.9 Å². The van der Waals surface area contributed by atoms with Gasteiger partial charge in [-0.2, -0.15) is 4.98 Å². The number of rotatable bonds is 4. The summed E-state index contributed by atoms with van der Waals surface area (Å²) in [6.45, 7) is 0.778. The molecule has 0 spiro atoms. The number of anilines is 1. The molecular formula is C12H12N6. The first kappa shape index (κ1) is 10.6. The lowest BCUT2D eigenvalue weighted by molar-refractivity contribution is 0.984. The molecule has 0 bridgehead atoms. The fraction of sp³-hybridized carbons (Fsp3) is 0.167. The van der Waals surface area contributed by atoms with Crippen LogP contribution in [-0.2, 0) is 6.42 Å². The van der Waals surface area contributed by atoms with Crippen LogP contribution >= 0.6 is 0 Å². The van der Waals surface area contributed by atoms with Gasteiger partial charge in [-0.3, -0.25) is 4.98 Å². The second kappa shape index (κ2) is 4.79. The summed E-state index contributed by atoms with van der Waals surface area (Å²) in [6, 6.07) is 4.00. The van der Waals surface area contributed by atoms with Crippen molar-refractivity contribution in [2.24, 2.45) is 0 Å². The van der Waals surface area contributed by atoms with Gasteiger partial charge in [0.25, 0.3) is 0 Å². The largest absolute Gasteiger partial charge is 0.354 e. The van der Waals surface area contributed by atoms with Crippen LogP contribution < -0.4 is 5.32 Å². The summed E-state index contributed by atoms with van der Waals surface area (Å²) in [4.78, 5) is 19.5. The summed E-state index contributed by atoms with van der Waals surface area (Å²) in [6.07, 6.45) is 7.83. The molecular weight excluding hydrogens is 228 g/mol. The molecule has 3 aromatic rings. The van der Waals surface area contributed by atoms with Crippen LogP contribution in [0, 0.1) is 0 Å². The van der Waals surface area contributed by atoms with E-state index in [1.165, 1.54) is 5.56 Å². The highest BCUT2D eigenvalue weighted by atomic mass is 15.1. The Morgan fingerprint density at radius 1 is 1.17 bits per heavy atom. The van der Waals surface area contributed by atoms with Gasteiger partial charge in [-0.15, -0.1) is 0 Å². The molecule has 3 heterocycles. The van der Waals surface area contributed by atoms with Crippen LogP contribution in [0.15, 0.2) is 37.1 Å². The van der Waals surface area contributed by atoms with E-state index in [4.69, 9.17) is 0 Å². The molecule has 0 radical (unpaired) electrons. The molecule has 6 heteroatoms. The zero-order valence-electron chi connectivity index (χ0n) is 9.67. The highest BCUT2D eigenvalue weighted by Gasteiger charge is 2.01. The third kappa shape index (κ3) is 2.27. The lowest BCUT2D eigenvalue weighted by Crippen LogP contribution is -2.07. The molecule has 0 unspecified atom stereocenters. The van der Waals surface area contributed by atoms with Gasteiger partial charge in [0.15, 0.2) is 5.65 Å². The molecule has 3 rings (SSSR count). The summed E-state index contributed by atoms with van der Waals surface area (Å²) in [5.41, 5.74) is 2.75. The number of H-pyrrole nitrogens is 1. The predicted molar refractivity (Wildman–Crippen MR) is 68.1 cm³/mol. The lowest BCUT2D eigenvalue weighted by Gasteiger charge is -2.04. The average Bonchev–Trinajstić information content (AvgIpc) is 2.87. The third-order valence-corrected chi connectivity index (χ3v) is 2.62. The Morgan fingerprint density at radius 2 is 2.06 bits per heavy atom. The van der Waals surface area contributed by atoms with E-state index in [0.717, 1.165) is 18.5 Å². The minimum atomic E-state index is 0.601. The number of hydrogen-bond acceptors (Lipinski definition) is 5. The summed E-state index contributed by atoms with van der Waals surface area (Å²) < 4.78 is 0. The van der Waals surface area contributed by atoms with Crippen molar-refractivity contribution < 1.29 is 0 Å². The first-order valence-electron chi connectivity index (χ1n) is 5.71. The van der Waals surface area contributed by atoms with Crippen molar-refractivity contribution in [3.8, 4) is 0 Å². The van der Waals surface area contributed by atoms with Crippen LogP contribution in [0.3, 0.4) is 0 Å². The molecule has 0 saturated heterocycles. The Bertz CT molecular complexity index is 633. The molecule has 0 atom stereocenters. The number of nitrogens with zero attached hydrogens (tertiary/aromatic N) is 4. The highest BCUT2D eigenvalue weighted by molar-refractivity contribution is 5.69. The van der Waals surface area contributed by atoms with Gasteiger partial charge in [-0.1, -0.05) is 0 Å². The van der Waals surface area contributed by atoms with E-state index in [0.29, 0.717) is 11.6 Å². The van der Waals surface area contributed by atoms with Gasteiger partial charge in [0.2, 0.25) is 5.95 Å². The van der Waals surface area contributed by atoms with Gasteiger partial charge in [0.1, 0.15) is 5.52 Å². The van der Waals surface area contributed by atoms with Crippen molar-refractivity contribution in [3.63, 3.8) is 0 Å². The van der Waals surface area contributed by atoms with Gasteiger partial charge >= 0.3 is 0 Å². The Morgan fingerprint density at radius 3 is 2.94 bits per heavy atom. The van der Waals surface area contributed by atoms with Gasteiger partial charge in [0.05, 0.1) is 12.5 Å². The maximum Gasteiger partial charge on any atom is 0.224 e. The minimum absolute atomic E-state index is 0.601. The molecule has 0 aliphatic rings. The van der Waals surface area contributed by atoms with Crippen molar-refractivity contribution in [1.29, 1.82) is 0 Å². The van der Waals surface area contributed by atoms with E-state index < -0.39 is 0 Å². The standard InChI is InChI=1S/C12H12N6/c1-4-13-5-2-9(1)3-6-14-12-15-7-10-11(18-12)17-8-16-10/h1-2,4-5,7-8H,3,6H2,(H2,14,15,16,17,18). The summed E-state index contributed by atoms with van der Waals surface area (Å²) in [5, 5.41) is 3.18. The van der Waals surface area contributed by atoms with Crippen molar-refractivity contribution in [2.45, 2.75) is 6.42 Å². The smallest absolute Gasteiger partial charge is 0.224 e. The quantitative estimate of drug-likeness (QED) is 0.720. The van der Waals surface area contributed by atoms with Crippen molar-refractivity contribution in [1.82, 2.24) is 24.9 Å². The maximum absolute atomic E-state index is 4.29. The summed E-state index contributed by atoms with van der Waals surface area (Å²) in [5.74, 6) is 0.601. The van der Waals surface area contributed by atoms with E-state index in [1.54, 1.807) is 24.9 Å². The van der Waals surface area contributed by atoms with Crippen molar-refractivity contribution in [3.05, 3.63) is 42.6 Å². The molecule has 0 fully saturated rings. The molecule has 0 aromatic carbocycles. The molecule has 2 N–H and O–H groups in total. The van der Waals surface area contributed by atoms with Crippen LogP contribution in [0.25, 0.3) is 11.2 Å². The number of aromatic nitrogens is 5. The number of fused-ring (bicyclic) bond motifs is 1. The van der Waals surface area contributed by atoms with Crippen LogP contribution in [0.2, 0.25) is 0 Å². The average molecular weight is 240 g/mol. The highest BCUT2D eigenvalue weighted by Crippen LogP contribution is 2.07. The van der Waals surface area contributed by atoms with Crippen LogP contribution in [0.5, 0.6) is 0 Å². The van der Waals surface area contributed by atoms with E-state index in [1.807, 2.05) is 12.1 Å². The van der Waals surface area contributed by atoms with Crippen molar-refractivity contribution >= 4 is 17.1 Å². The lowest BCUT2D eigenvalue weighted by atomic mass is 10.2.